The lowest BCUT2D eigenvalue weighted by atomic mass is 9.85. The molecular formula is C14H15ClO4. The summed E-state index contributed by atoms with van der Waals surface area (Å²) in [5, 5.41) is 9.92. The summed E-state index contributed by atoms with van der Waals surface area (Å²) in [6, 6.07) is 1.74. The second-order valence-electron chi connectivity index (χ2n) is 5.43. The van der Waals surface area contributed by atoms with Crippen molar-refractivity contribution >= 4 is 17.6 Å². The molecule has 1 saturated carbocycles. The molecule has 1 aromatic carbocycles. The number of carboxylic acid groups (broad SMARTS) is 1. The Hall–Kier alpha value is -1.42. The normalized spacial score (nSPS) is 18.7. The van der Waals surface area contributed by atoms with Crippen molar-refractivity contribution in [2.45, 2.75) is 38.0 Å². The van der Waals surface area contributed by atoms with Crippen LogP contribution >= 0.6 is 11.6 Å². The van der Waals surface area contributed by atoms with E-state index in [-0.39, 0.29) is 12.7 Å². The monoisotopic (exact) mass is 282 g/mol. The summed E-state index contributed by atoms with van der Waals surface area (Å²) >= 11 is 6.19. The highest BCUT2D eigenvalue weighted by Gasteiger charge is 2.54. The molecule has 3 rings (SSSR count). The lowest BCUT2D eigenvalue weighted by molar-refractivity contribution is -0.140. The fourth-order valence-electron chi connectivity index (χ4n) is 2.74. The summed E-state index contributed by atoms with van der Waals surface area (Å²) in [5.41, 5.74) is 0.908. The highest BCUT2D eigenvalue weighted by Crippen LogP contribution is 2.56. The maximum absolute atomic E-state index is 11.6. The van der Waals surface area contributed by atoms with Gasteiger partial charge in [-0.3, -0.25) is 4.79 Å². The average molecular weight is 283 g/mol. The van der Waals surface area contributed by atoms with Gasteiger partial charge in [0.15, 0.2) is 11.5 Å². The van der Waals surface area contributed by atoms with Gasteiger partial charge in [-0.2, -0.15) is 0 Å². The fraction of sp³-hybridized carbons (Fsp3) is 0.500. The van der Waals surface area contributed by atoms with Crippen molar-refractivity contribution in [1.82, 2.24) is 0 Å². The van der Waals surface area contributed by atoms with Gasteiger partial charge < -0.3 is 14.6 Å². The van der Waals surface area contributed by atoms with E-state index in [0.29, 0.717) is 29.4 Å². The van der Waals surface area contributed by atoms with Crippen LogP contribution in [0.3, 0.4) is 0 Å². The van der Waals surface area contributed by atoms with Crippen LogP contribution in [0.5, 0.6) is 11.5 Å². The number of benzene rings is 1. The first-order valence-corrected chi connectivity index (χ1v) is 6.71. The van der Waals surface area contributed by atoms with Gasteiger partial charge in [-0.05, 0) is 30.4 Å². The Bertz CT molecular complexity index is 561. The van der Waals surface area contributed by atoms with E-state index in [1.165, 1.54) is 0 Å². The molecule has 5 heteroatoms. The minimum Gasteiger partial charge on any atom is -0.481 e. The van der Waals surface area contributed by atoms with E-state index in [0.717, 1.165) is 11.1 Å². The topological polar surface area (TPSA) is 55.8 Å². The minimum absolute atomic E-state index is 0.137. The van der Waals surface area contributed by atoms with Gasteiger partial charge in [-0.1, -0.05) is 25.4 Å². The van der Waals surface area contributed by atoms with Crippen molar-refractivity contribution in [2.24, 2.45) is 0 Å². The number of rotatable bonds is 3. The molecule has 4 nitrogen and oxygen atoms in total. The summed E-state index contributed by atoms with van der Waals surface area (Å²) < 4.78 is 10.9. The van der Waals surface area contributed by atoms with Gasteiger partial charge in [-0.15, -0.1) is 0 Å². The Morgan fingerprint density at radius 3 is 2.53 bits per heavy atom. The van der Waals surface area contributed by atoms with E-state index >= 15 is 0 Å². The molecule has 0 atom stereocenters. The number of carboxylic acids is 1. The highest BCUT2D eigenvalue weighted by atomic mass is 35.5. The second kappa shape index (κ2) is 4.04. The number of fused-ring (bicyclic) bond motifs is 1. The van der Waals surface area contributed by atoms with Gasteiger partial charge >= 0.3 is 5.97 Å². The summed E-state index contributed by atoms with van der Waals surface area (Å²) in [7, 11) is 0. The molecule has 0 bridgehead atoms. The molecule has 0 radical (unpaired) electrons. The molecule has 19 heavy (non-hydrogen) atoms. The van der Waals surface area contributed by atoms with Gasteiger partial charge in [0.05, 0.1) is 10.4 Å². The van der Waals surface area contributed by atoms with Crippen LogP contribution in [0.15, 0.2) is 6.07 Å². The minimum atomic E-state index is -0.788. The van der Waals surface area contributed by atoms with Crippen LogP contribution in [-0.2, 0) is 10.2 Å². The van der Waals surface area contributed by atoms with Crippen molar-refractivity contribution in [3.8, 4) is 11.5 Å². The number of carbonyl (C=O) groups is 1. The van der Waals surface area contributed by atoms with E-state index in [4.69, 9.17) is 21.1 Å². The standard InChI is InChI=1S/C14H15ClO4/c1-7(2)10-8(14(3-4-14)13(16)17)5-9(15)11-12(10)19-6-18-11/h5,7H,3-4,6H2,1-2H3,(H,16,17). The third-order valence-corrected chi connectivity index (χ3v) is 4.17. The van der Waals surface area contributed by atoms with E-state index < -0.39 is 11.4 Å². The molecule has 0 aromatic heterocycles. The zero-order valence-electron chi connectivity index (χ0n) is 10.8. The van der Waals surface area contributed by atoms with Crippen LogP contribution in [0.1, 0.15) is 43.7 Å². The zero-order valence-corrected chi connectivity index (χ0v) is 11.6. The molecule has 1 heterocycles. The van der Waals surface area contributed by atoms with Gasteiger partial charge in [0.25, 0.3) is 0 Å². The van der Waals surface area contributed by atoms with Gasteiger partial charge in [0, 0.05) is 5.56 Å². The fourth-order valence-corrected chi connectivity index (χ4v) is 2.99. The van der Waals surface area contributed by atoms with Crippen LogP contribution in [0.25, 0.3) is 0 Å². The predicted octanol–water partition coefficient (Wildman–Crippen LogP) is 3.31. The molecular weight excluding hydrogens is 268 g/mol. The van der Waals surface area contributed by atoms with Crippen molar-refractivity contribution in [3.05, 3.63) is 22.2 Å². The van der Waals surface area contributed by atoms with Crippen molar-refractivity contribution in [3.63, 3.8) is 0 Å². The molecule has 1 aliphatic carbocycles. The summed E-state index contributed by atoms with van der Waals surface area (Å²) in [5.74, 6) is 0.518. The van der Waals surface area contributed by atoms with Crippen LogP contribution < -0.4 is 9.47 Å². The van der Waals surface area contributed by atoms with Gasteiger partial charge in [0.1, 0.15) is 0 Å². The van der Waals surface area contributed by atoms with Crippen LogP contribution in [0.4, 0.5) is 0 Å². The first kappa shape index (κ1) is 12.6. The lowest BCUT2D eigenvalue weighted by Gasteiger charge is -2.20. The van der Waals surface area contributed by atoms with Gasteiger partial charge in [-0.25, -0.2) is 0 Å². The summed E-state index contributed by atoms with van der Waals surface area (Å²) in [6.07, 6.45) is 1.30. The number of aliphatic carboxylic acids is 1. The number of ether oxygens (including phenoxy) is 2. The molecule has 0 unspecified atom stereocenters. The maximum atomic E-state index is 11.6. The molecule has 102 valence electrons. The maximum Gasteiger partial charge on any atom is 0.314 e. The Morgan fingerprint density at radius 1 is 1.37 bits per heavy atom. The molecule has 1 aromatic rings. The number of hydrogen-bond donors (Lipinski definition) is 1. The summed E-state index contributed by atoms with van der Waals surface area (Å²) in [4.78, 5) is 11.6. The smallest absolute Gasteiger partial charge is 0.314 e. The number of halogens is 1. The second-order valence-corrected chi connectivity index (χ2v) is 5.83. The molecule has 0 spiro atoms. The van der Waals surface area contributed by atoms with E-state index in [9.17, 15) is 9.90 Å². The van der Waals surface area contributed by atoms with E-state index in [1.807, 2.05) is 13.8 Å². The van der Waals surface area contributed by atoms with E-state index in [1.54, 1.807) is 6.07 Å². The predicted molar refractivity (Wildman–Crippen MR) is 70.2 cm³/mol. The Labute approximate surface area is 116 Å². The largest absolute Gasteiger partial charge is 0.481 e. The summed E-state index contributed by atoms with van der Waals surface area (Å²) in [6.45, 7) is 4.18. The Balaban J connectivity index is 2.25. The average Bonchev–Trinajstić information content (AvgIpc) is 3.01. The van der Waals surface area contributed by atoms with E-state index in [2.05, 4.69) is 0 Å². The number of hydrogen-bond acceptors (Lipinski definition) is 3. The first-order chi connectivity index (χ1) is 8.97. The third-order valence-electron chi connectivity index (χ3n) is 3.89. The first-order valence-electron chi connectivity index (χ1n) is 6.33. The SMILES string of the molecule is CC(C)c1c(C2(C(=O)O)CC2)cc(Cl)c2c1OCO2. The molecule has 0 saturated heterocycles. The lowest BCUT2D eigenvalue weighted by Crippen LogP contribution is -2.22. The molecule has 2 aliphatic rings. The van der Waals surface area contributed by atoms with Crippen LogP contribution in [-0.4, -0.2) is 17.9 Å². The van der Waals surface area contributed by atoms with Crippen molar-refractivity contribution < 1.29 is 19.4 Å². The van der Waals surface area contributed by atoms with Gasteiger partial charge in [0.2, 0.25) is 6.79 Å². The molecule has 1 aliphatic heterocycles. The third kappa shape index (κ3) is 1.70. The molecule has 1 N–H and O–H groups in total. The van der Waals surface area contributed by atoms with Crippen LogP contribution in [0.2, 0.25) is 5.02 Å². The zero-order chi connectivity index (χ0) is 13.8. The van der Waals surface area contributed by atoms with Crippen molar-refractivity contribution in [2.75, 3.05) is 6.79 Å². The molecule has 1 fully saturated rings. The molecule has 0 amide bonds. The quantitative estimate of drug-likeness (QED) is 0.924. The van der Waals surface area contributed by atoms with Crippen molar-refractivity contribution in [1.29, 1.82) is 0 Å². The Kier molecular flexibility index (Phi) is 2.68. The highest BCUT2D eigenvalue weighted by molar-refractivity contribution is 6.32. The van der Waals surface area contributed by atoms with Crippen LogP contribution in [0, 0.1) is 0 Å². The Morgan fingerprint density at radius 2 is 2.00 bits per heavy atom.